The number of hydrogen-bond donors (Lipinski definition) is 0. The molecule has 1 aromatic carbocycles. The lowest BCUT2D eigenvalue weighted by Crippen LogP contribution is -2.01. The van der Waals surface area contributed by atoms with E-state index in [1.807, 2.05) is 12.1 Å². The fraction of sp³-hybridized carbons (Fsp3) is 0.100. The Morgan fingerprint density at radius 2 is 1.93 bits per heavy atom. The lowest BCUT2D eigenvalue weighted by atomic mass is 10.2. The largest absolute Gasteiger partial charge is 0.235 e. The third-order valence-corrected chi connectivity index (χ3v) is 3.41. The van der Waals surface area contributed by atoms with Gasteiger partial charge in [0.2, 0.25) is 0 Å². The van der Waals surface area contributed by atoms with E-state index < -0.39 is 9.84 Å². The molecule has 0 bridgehead atoms. The molecule has 0 amide bonds. The van der Waals surface area contributed by atoms with Gasteiger partial charge in [0.15, 0.2) is 14.9 Å². The molecular weight excluding hydrogens is 234 g/mol. The first kappa shape index (κ1) is 10.4. The van der Waals surface area contributed by atoms with Crippen LogP contribution in [-0.2, 0) is 9.84 Å². The molecule has 3 nitrogen and oxygen atoms in total. The zero-order valence-electron chi connectivity index (χ0n) is 7.94. The predicted octanol–water partition coefficient (Wildman–Crippen LogP) is 2.29. The predicted molar refractivity (Wildman–Crippen MR) is 59.9 cm³/mol. The summed E-state index contributed by atoms with van der Waals surface area (Å²) in [6.45, 7) is 0. The maximum absolute atomic E-state index is 11.4. The van der Waals surface area contributed by atoms with E-state index in [4.69, 9.17) is 11.6 Å². The molecule has 15 heavy (non-hydrogen) atoms. The SMILES string of the molecule is CS(=O)(=O)c1nc2ccccc2cc1Cl. The van der Waals surface area contributed by atoms with Crippen LogP contribution in [0, 0.1) is 0 Å². The van der Waals surface area contributed by atoms with Crippen LogP contribution in [0.5, 0.6) is 0 Å². The zero-order chi connectivity index (χ0) is 11.1. The minimum Gasteiger partial charge on any atom is -0.235 e. The lowest BCUT2D eigenvalue weighted by molar-refractivity contribution is 0.599. The Hall–Kier alpha value is -1.13. The molecule has 0 spiro atoms. The molecule has 0 aliphatic heterocycles. The summed E-state index contributed by atoms with van der Waals surface area (Å²) < 4.78 is 22.7. The van der Waals surface area contributed by atoms with Gasteiger partial charge in [-0.2, -0.15) is 0 Å². The number of hydrogen-bond acceptors (Lipinski definition) is 3. The maximum Gasteiger partial charge on any atom is 0.194 e. The lowest BCUT2D eigenvalue weighted by Gasteiger charge is -2.03. The van der Waals surface area contributed by atoms with Gasteiger partial charge in [-0.25, -0.2) is 13.4 Å². The number of aromatic nitrogens is 1. The molecule has 1 heterocycles. The van der Waals surface area contributed by atoms with Crippen molar-refractivity contribution in [1.29, 1.82) is 0 Å². The second-order valence-corrected chi connectivity index (χ2v) is 5.58. The Bertz CT molecular complexity index is 622. The molecule has 0 saturated heterocycles. The molecule has 0 atom stereocenters. The van der Waals surface area contributed by atoms with Crippen LogP contribution in [0.15, 0.2) is 35.4 Å². The highest BCUT2D eigenvalue weighted by Gasteiger charge is 2.14. The number of nitrogens with zero attached hydrogens (tertiary/aromatic N) is 1. The number of para-hydroxylation sites is 1. The van der Waals surface area contributed by atoms with Crippen LogP contribution in [0.3, 0.4) is 0 Å². The summed E-state index contributed by atoms with van der Waals surface area (Å²) in [6.07, 6.45) is 1.09. The maximum atomic E-state index is 11.4. The minimum absolute atomic E-state index is 0.0668. The second-order valence-electron chi connectivity index (χ2n) is 3.24. The van der Waals surface area contributed by atoms with Crippen molar-refractivity contribution in [3.8, 4) is 0 Å². The van der Waals surface area contributed by atoms with E-state index in [2.05, 4.69) is 4.98 Å². The van der Waals surface area contributed by atoms with Crippen molar-refractivity contribution in [3.63, 3.8) is 0 Å². The van der Waals surface area contributed by atoms with Gasteiger partial charge in [-0.3, -0.25) is 0 Å². The summed E-state index contributed by atoms with van der Waals surface area (Å²) >= 11 is 5.85. The number of halogens is 1. The highest BCUT2D eigenvalue weighted by Crippen LogP contribution is 2.23. The van der Waals surface area contributed by atoms with Crippen molar-refractivity contribution in [2.24, 2.45) is 0 Å². The summed E-state index contributed by atoms with van der Waals surface area (Å²) in [5.41, 5.74) is 0.627. The molecule has 0 aliphatic rings. The van der Waals surface area contributed by atoms with Gasteiger partial charge >= 0.3 is 0 Å². The van der Waals surface area contributed by atoms with Crippen molar-refractivity contribution in [2.45, 2.75) is 5.03 Å². The van der Waals surface area contributed by atoms with Gasteiger partial charge in [-0.1, -0.05) is 29.8 Å². The summed E-state index contributed by atoms with van der Waals surface area (Å²) in [4.78, 5) is 4.03. The van der Waals surface area contributed by atoms with Crippen LogP contribution in [0.1, 0.15) is 0 Å². The second kappa shape index (κ2) is 3.47. The average molecular weight is 242 g/mol. The van der Waals surface area contributed by atoms with Crippen LogP contribution >= 0.6 is 11.6 Å². The number of fused-ring (bicyclic) bond motifs is 1. The van der Waals surface area contributed by atoms with Crippen molar-refractivity contribution in [2.75, 3.05) is 6.26 Å². The molecule has 0 fully saturated rings. The van der Waals surface area contributed by atoms with Crippen molar-refractivity contribution in [3.05, 3.63) is 35.4 Å². The van der Waals surface area contributed by atoms with Gasteiger partial charge in [0, 0.05) is 11.6 Å². The van der Waals surface area contributed by atoms with Crippen LogP contribution in [0.25, 0.3) is 10.9 Å². The molecule has 0 saturated carbocycles. The number of sulfone groups is 1. The van der Waals surface area contributed by atoms with Crippen molar-refractivity contribution in [1.82, 2.24) is 4.98 Å². The van der Waals surface area contributed by atoms with Crippen LogP contribution in [0.2, 0.25) is 5.02 Å². The fourth-order valence-corrected chi connectivity index (χ4v) is 2.59. The normalized spacial score (nSPS) is 11.9. The molecule has 0 radical (unpaired) electrons. The smallest absolute Gasteiger partial charge is 0.194 e. The summed E-state index contributed by atoms with van der Waals surface area (Å²) in [6, 6.07) is 8.84. The topological polar surface area (TPSA) is 47.0 Å². The van der Waals surface area contributed by atoms with Crippen LogP contribution < -0.4 is 0 Å². The van der Waals surface area contributed by atoms with Crippen molar-refractivity contribution >= 4 is 32.3 Å². The zero-order valence-corrected chi connectivity index (χ0v) is 9.51. The standard InChI is InChI=1S/C10H8ClNO2S/c1-15(13,14)10-8(11)6-7-4-2-3-5-9(7)12-10/h2-6H,1H3. The van der Waals surface area contributed by atoms with Gasteiger partial charge in [0.1, 0.15) is 0 Å². The van der Waals surface area contributed by atoms with E-state index in [0.29, 0.717) is 5.52 Å². The van der Waals surface area contributed by atoms with Gasteiger partial charge in [0.05, 0.1) is 10.5 Å². The first-order chi connectivity index (χ1) is 6.98. The van der Waals surface area contributed by atoms with E-state index in [9.17, 15) is 8.42 Å². The monoisotopic (exact) mass is 241 g/mol. The summed E-state index contributed by atoms with van der Waals surface area (Å²) in [5.74, 6) is 0. The summed E-state index contributed by atoms with van der Waals surface area (Å²) in [7, 11) is -3.37. The van der Waals surface area contributed by atoms with E-state index >= 15 is 0 Å². The Morgan fingerprint density at radius 1 is 1.27 bits per heavy atom. The molecule has 0 N–H and O–H groups in total. The molecule has 2 rings (SSSR count). The van der Waals surface area contributed by atoms with Gasteiger partial charge in [-0.15, -0.1) is 0 Å². The molecule has 0 aliphatic carbocycles. The molecular formula is C10H8ClNO2S. The van der Waals surface area contributed by atoms with E-state index in [1.165, 1.54) is 0 Å². The van der Waals surface area contributed by atoms with Crippen LogP contribution in [0.4, 0.5) is 0 Å². The highest BCUT2D eigenvalue weighted by atomic mass is 35.5. The van der Waals surface area contributed by atoms with Gasteiger partial charge in [-0.05, 0) is 12.1 Å². The Kier molecular flexibility index (Phi) is 2.40. The Labute approximate surface area is 92.6 Å². The van der Waals surface area contributed by atoms with E-state index in [1.54, 1.807) is 18.2 Å². The van der Waals surface area contributed by atoms with Crippen LogP contribution in [-0.4, -0.2) is 19.7 Å². The van der Waals surface area contributed by atoms with E-state index in [-0.39, 0.29) is 10.0 Å². The first-order valence-electron chi connectivity index (χ1n) is 4.24. The first-order valence-corrected chi connectivity index (χ1v) is 6.51. The number of rotatable bonds is 1. The molecule has 78 valence electrons. The van der Waals surface area contributed by atoms with Gasteiger partial charge < -0.3 is 0 Å². The Balaban J connectivity index is 2.84. The average Bonchev–Trinajstić information content (AvgIpc) is 2.15. The third kappa shape index (κ3) is 1.96. The Morgan fingerprint density at radius 3 is 2.60 bits per heavy atom. The van der Waals surface area contributed by atoms with Gasteiger partial charge in [0.25, 0.3) is 0 Å². The van der Waals surface area contributed by atoms with Crippen molar-refractivity contribution < 1.29 is 8.42 Å². The molecule has 1 aromatic heterocycles. The molecule has 5 heteroatoms. The number of benzene rings is 1. The quantitative estimate of drug-likeness (QED) is 0.770. The number of pyridine rings is 1. The fourth-order valence-electron chi connectivity index (χ4n) is 1.33. The molecule has 2 aromatic rings. The van der Waals surface area contributed by atoms with E-state index in [0.717, 1.165) is 11.6 Å². The third-order valence-electron chi connectivity index (χ3n) is 2.00. The molecule has 0 unspecified atom stereocenters. The minimum atomic E-state index is -3.37. The summed E-state index contributed by atoms with van der Waals surface area (Å²) in [5, 5.41) is 0.925. The highest BCUT2D eigenvalue weighted by molar-refractivity contribution is 7.90.